The number of hydrogen-bond acceptors (Lipinski definition) is 1. The van der Waals surface area contributed by atoms with Crippen LogP contribution in [0.25, 0.3) is 0 Å². The minimum atomic E-state index is -0.564. The van der Waals surface area contributed by atoms with Gasteiger partial charge in [-0.2, -0.15) is 0 Å². The zero-order chi connectivity index (χ0) is 18.7. The molecule has 3 aromatic rings. The van der Waals surface area contributed by atoms with Crippen molar-refractivity contribution in [2.45, 2.75) is 39.3 Å². The third kappa shape index (κ3) is 4.17. The molecule has 26 heavy (non-hydrogen) atoms. The molecular formula is C24H27OP. The van der Waals surface area contributed by atoms with E-state index in [1.54, 1.807) is 0 Å². The second-order valence-corrected chi connectivity index (χ2v) is 10.0. The number of aryl methyl sites for hydroxylation is 1. The molecule has 0 atom stereocenters. The fourth-order valence-electron chi connectivity index (χ4n) is 3.26. The van der Waals surface area contributed by atoms with E-state index >= 15 is 0 Å². The number of rotatable bonds is 4. The molecule has 134 valence electrons. The zero-order valence-electron chi connectivity index (χ0n) is 16.0. The van der Waals surface area contributed by atoms with E-state index < -0.39 is 7.92 Å². The quantitative estimate of drug-likeness (QED) is 0.596. The fraction of sp³-hybridized carbons (Fsp3) is 0.250. The molecule has 3 aromatic carbocycles. The summed E-state index contributed by atoms with van der Waals surface area (Å²) in [5.41, 5.74) is 3.21. The summed E-state index contributed by atoms with van der Waals surface area (Å²) < 4.78 is 0. The highest BCUT2D eigenvalue weighted by atomic mass is 31.1. The average molecular weight is 362 g/mol. The van der Waals surface area contributed by atoms with Crippen LogP contribution in [-0.4, -0.2) is 5.11 Å². The summed E-state index contributed by atoms with van der Waals surface area (Å²) in [4.78, 5) is 0. The Balaban J connectivity index is 2.07. The largest absolute Gasteiger partial charge is 0.507 e. The molecule has 0 fully saturated rings. The van der Waals surface area contributed by atoms with Crippen molar-refractivity contribution >= 4 is 18.5 Å². The lowest BCUT2D eigenvalue weighted by Gasteiger charge is -2.25. The molecule has 1 N–H and O–H groups in total. The van der Waals surface area contributed by atoms with Crippen LogP contribution in [0.15, 0.2) is 72.8 Å². The number of aromatic hydroxyl groups is 1. The Morgan fingerprint density at radius 2 is 1.31 bits per heavy atom. The van der Waals surface area contributed by atoms with E-state index in [9.17, 15) is 5.11 Å². The lowest BCUT2D eigenvalue weighted by molar-refractivity contribution is 0.442. The molecular weight excluding hydrogens is 335 g/mol. The van der Waals surface area contributed by atoms with E-state index in [2.05, 4.69) is 100 Å². The van der Waals surface area contributed by atoms with Crippen molar-refractivity contribution in [3.63, 3.8) is 0 Å². The second kappa shape index (κ2) is 7.64. The van der Waals surface area contributed by atoms with Gasteiger partial charge in [-0.3, -0.25) is 0 Å². The Labute approximate surface area is 158 Å². The van der Waals surface area contributed by atoms with Gasteiger partial charge < -0.3 is 5.11 Å². The van der Waals surface area contributed by atoms with Gasteiger partial charge in [-0.05, 0) is 42.0 Å². The van der Waals surface area contributed by atoms with Crippen LogP contribution < -0.4 is 10.6 Å². The minimum absolute atomic E-state index is 0.0763. The van der Waals surface area contributed by atoms with Crippen LogP contribution in [0.5, 0.6) is 5.75 Å². The smallest absolute Gasteiger partial charge is 0.122 e. The van der Waals surface area contributed by atoms with Gasteiger partial charge in [-0.15, -0.1) is 0 Å². The molecule has 0 aromatic heterocycles. The summed E-state index contributed by atoms with van der Waals surface area (Å²) in [6.07, 6.45) is 0.847. The maximum atomic E-state index is 11.0. The maximum Gasteiger partial charge on any atom is 0.122 e. The van der Waals surface area contributed by atoms with Crippen LogP contribution in [0, 0.1) is 6.92 Å². The van der Waals surface area contributed by atoms with Crippen molar-refractivity contribution in [2.75, 3.05) is 0 Å². The molecule has 0 saturated carbocycles. The highest BCUT2D eigenvalue weighted by Gasteiger charge is 2.23. The van der Waals surface area contributed by atoms with Gasteiger partial charge in [-0.1, -0.05) is 99.1 Å². The molecule has 1 nitrogen and oxygen atoms in total. The molecule has 0 aliphatic carbocycles. The Bertz CT molecular complexity index is 824. The maximum absolute atomic E-state index is 11.0. The highest BCUT2D eigenvalue weighted by Crippen LogP contribution is 2.43. The molecule has 0 amide bonds. The van der Waals surface area contributed by atoms with Crippen molar-refractivity contribution in [2.24, 2.45) is 0 Å². The Morgan fingerprint density at radius 3 is 1.77 bits per heavy atom. The molecule has 0 saturated heterocycles. The molecule has 2 heteroatoms. The number of hydrogen-bond donors (Lipinski definition) is 1. The van der Waals surface area contributed by atoms with Crippen LogP contribution in [0.3, 0.4) is 0 Å². The molecule has 0 heterocycles. The van der Waals surface area contributed by atoms with Gasteiger partial charge in [0.25, 0.3) is 0 Å². The van der Waals surface area contributed by atoms with Crippen molar-refractivity contribution in [3.05, 3.63) is 89.5 Å². The topological polar surface area (TPSA) is 20.2 Å². The first-order valence-electron chi connectivity index (χ1n) is 9.07. The van der Waals surface area contributed by atoms with E-state index in [4.69, 9.17) is 0 Å². The van der Waals surface area contributed by atoms with Crippen molar-refractivity contribution < 1.29 is 5.11 Å². The monoisotopic (exact) mass is 362 g/mol. The van der Waals surface area contributed by atoms with Gasteiger partial charge in [0.05, 0.1) is 0 Å². The zero-order valence-corrected chi connectivity index (χ0v) is 16.9. The fourth-order valence-corrected chi connectivity index (χ4v) is 5.57. The summed E-state index contributed by atoms with van der Waals surface area (Å²) in [6, 6.07) is 25.6. The number of phenols is 1. The molecule has 0 aliphatic heterocycles. The van der Waals surface area contributed by atoms with Crippen molar-refractivity contribution in [1.29, 1.82) is 0 Å². The Morgan fingerprint density at radius 1 is 0.808 bits per heavy atom. The molecule has 3 rings (SSSR count). The second-order valence-electron chi connectivity index (χ2n) is 7.83. The first-order valence-corrected chi connectivity index (χ1v) is 10.6. The standard InChI is InChI=1S/C24H27OP/c1-18-15-19(23(25)22(16-18)24(2,3)4)17-26(20-11-7-5-8-12-20)21-13-9-6-10-14-21/h5-16,25H,17H2,1-4H3. The highest BCUT2D eigenvalue weighted by molar-refractivity contribution is 7.72. The molecule has 0 unspecified atom stereocenters. The Hall–Kier alpha value is -2.11. The van der Waals surface area contributed by atoms with E-state index in [-0.39, 0.29) is 5.41 Å². The van der Waals surface area contributed by atoms with Gasteiger partial charge in [0, 0.05) is 6.16 Å². The summed E-state index contributed by atoms with van der Waals surface area (Å²) in [7, 11) is -0.564. The van der Waals surface area contributed by atoms with E-state index in [0.29, 0.717) is 5.75 Å². The Kier molecular flexibility index (Phi) is 5.49. The minimum Gasteiger partial charge on any atom is -0.507 e. The van der Waals surface area contributed by atoms with E-state index in [1.807, 2.05) is 0 Å². The van der Waals surface area contributed by atoms with Gasteiger partial charge >= 0.3 is 0 Å². The van der Waals surface area contributed by atoms with Crippen LogP contribution in [0.4, 0.5) is 0 Å². The van der Waals surface area contributed by atoms with E-state index in [0.717, 1.165) is 17.3 Å². The normalized spacial score (nSPS) is 11.7. The first kappa shape index (κ1) is 18.7. The average Bonchev–Trinajstić information content (AvgIpc) is 2.62. The predicted molar refractivity (Wildman–Crippen MR) is 114 cm³/mol. The first-order chi connectivity index (χ1) is 12.4. The van der Waals surface area contributed by atoms with Gasteiger partial charge in [0.2, 0.25) is 0 Å². The third-order valence-corrected chi connectivity index (χ3v) is 7.11. The van der Waals surface area contributed by atoms with Crippen LogP contribution >= 0.6 is 7.92 Å². The van der Waals surface area contributed by atoms with Crippen LogP contribution in [-0.2, 0) is 11.6 Å². The summed E-state index contributed by atoms with van der Waals surface area (Å²) in [5, 5.41) is 13.7. The SMILES string of the molecule is Cc1cc(CP(c2ccccc2)c2ccccc2)c(O)c(C(C)(C)C)c1. The molecule has 0 bridgehead atoms. The lowest BCUT2D eigenvalue weighted by atomic mass is 9.84. The van der Waals surface area contributed by atoms with Crippen molar-refractivity contribution in [3.8, 4) is 5.75 Å². The van der Waals surface area contributed by atoms with Gasteiger partial charge in [0.15, 0.2) is 0 Å². The molecule has 0 radical (unpaired) electrons. The van der Waals surface area contributed by atoms with Crippen LogP contribution in [0.2, 0.25) is 0 Å². The van der Waals surface area contributed by atoms with Crippen molar-refractivity contribution in [1.82, 2.24) is 0 Å². The summed E-state index contributed by atoms with van der Waals surface area (Å²) in [6.45, 7) is 8.58. The van der Waals surface area contributed by atoms with E-state index in [1.165, 1.54) is 16.2 Å². The number of benzene rings is 3. The van der Waals surface area contributed by atoms with Gasteiger partial charge in [0.1, 0.15) is 5.75 Å². The predicted octanol–water partition coefficient (Wildman–Crippen LogP) is 5.63. The van der Waals surface area contributed by atoms with Crippen LogP contribution in [0.1, 0.15) is 37.5 Å². The summed E-state index contributed by atoms with van der Waals surface area (Å²) in [5.74, 6) is 0.461. The molecule has 0 aliphatic rings. The van der Waals surface area contributed by atoms with Gasteiger partial charge in [-0.25, -0.2) is 0 Å². The lowest BCUT2D eigenvalue weighted by Crippen LogP contribution is -2.15. The molecule has 0 spiro atoms. The third-order valence-electron chi connectivity index (χ3n) is 4.61. The summed E-state index contributed by atoms with van der Waals surface area (Å²) >= 11 is 0. The number of phenolic OH excluding ortho intramolecular Hbond substituents is 1.